The van der Waals surface area contributed by atoms with E-state index in [1.807, 2.05) is 6.92 Å². The maximum Gasteiger partial charge on any atom is 0.249 e. The van der Waals surface area contributed by atoms with Gasteiger partial charge in [-0.2, -0.15) is 0 Å². The van der Waals surface area contributed by atoms with E-state index in [0.29, 0.717) is 6.42 Å². The average molecular weight is 208 g/mol. The second-order valence-electron chi connectivity index (χ2n) is 3.67. The quantitative estimate of drug-likeness (QED) is 0.712. The van der Waals surface area contributed by atoms with Crippen LogP contribution in [0.2, 0.25) is 0 Å². The molecule has 0 bridgehead atoms. The number of amides is 1. The molecule has 1 saturated carbocycles. The zero-order chi connectivity index (χ0) is 9.19. The van der Waals surface area contributed by atoms with Gasteiger partial charge >= 0.3 is 0 Å². The van der Waals surface area contributed by atoms with Gasteiger partial charge < -0.3 is 10.8 Å². The Balaban J connectivity index is 0.00000144. The lowest BCUT2D eigenvalue weighted by molar-refractivity contribution is -0.139. The van der Waals surface area contributed by atoms with Gasteiger partial charge in [0.2, 0.25) is 5.91 Å². The SMILES string of the molecule is CCCCC(O)(C(N)=O)C1CC1.Cl. The Bertz CT molecular complexity index is 182. The van der Waals surface area contributed by atoms with Gasteiger partial charge in [-0.1, -0.05) is 19.8 Å². The molecule has 1 atom stereocenters. The fourth-order valence-corrected chi connectivity index (χ4v) is 1.54. The molecule has 3 N–H and O–H groups in total. The van der Waals surface area contributed by atoms with Gasteiger partial charge in [0.15, 0.2) is 0 Å². The molecule has 1 aliphatic rings. The first-order valence-electron chi connectivity index (χ1n) is 4.63. The lowest BCUT2D eigenvalue weighted by atomic mass is 9.91. The summed E-state index contributed by atoms with van der Waals surface area (Å²) in [6.45, 7) is 2.04. The summed E-state index contributed by atoms with van der Waals surface area (Å²) < 4.78 is 0. The maximum atomic E-state index is 11.0. The van der Waals surface area contributed by atoms with E-state index in [-0.39, 0.29) is 18.3 Å². The van der Waals surface area contributed by atoms with Gasteiger partial charge in [0.25, 0.3) is 0 Å². The Morgan fingerprint density at radius 3 is 2.46 bits per heavy atom. The largest absolute Gasteiger partial charge is 0.380 e. The number of hydrogen-bond donors (Lipinski definition) is 2. The van der Waals surface area contributed by atoms with Crippen molar-refractivity contribution < 1.29 is 9.90 Å². The lowest BCUT2D eigenvalue weighted by Gasteiger charge is -2.23. The molecule has 0 saturated heterocycles. The monoisotopic (exact) mass is 207 g/mol. The predicted octanol–water partition coefficient (Wildman–Crippen LogP) is 1.22. The van der Waals surface area contributed by atoms with Crippen LogP contribution < -0.4 is 5.73 Å². The van der Waals surface area contributed by atoms with Gasteiger partial charge in [-0.05, 0) is 25.2 Å². The lowest BCUT2D eigenvalue weighted by Crippen LogP contribution is -2.45. The number of carbonyl (C=O) groups excluding carboxylic acids is 1. The summed E-state index contributed by atoms with van der Waals surface area (Å²) in [4.78, 5) is 11.0. The van der Waals surface area contributed by atoms with E-state index < -0.39 is 11.5 Å². The van der Waals surface area contributed by atoms with Crippen molar-refractivity contribution in [3.8, 4) is 0 Å². The van der Waals surface area contributed by atoms with E-state index in [1.165, 1.54) is 0 Å². The number of unbranched alkanes of at least 4 members (excludes halogenated alkanes) is 1. The summed E-state index contributed by atoms with van der Waals surface area (Å²) in [5.74, 6) is -0.403. The van der Waals surface area contributed by atoms with Crippen molar-refractivity contribution in [1.82, 2.24) is 0 Å². The van der Waals surface area contributed by atoms with Crippen LogP contribution in [-0.2, 0) is 4.79 Å². The van der Waals surface area contributed by atoms with E-state index >= 15 is 0 Å². The minimum absolute atomic E-state index is 0. The zero-order valence-electron chi connectivity index (χ0n) is 7.95. The molecule has 0 heterocycles. The second kappa shape index (κ2) is 4.82. The van der Waals surface area contributed by atoms with E-state index in [0.717, 1.165) is 25.7 Å². The highest BCUT2D eigenvalue weighted by molar-refractivity contribution is 5.85. The van der Waals surface area contributed by atoms with Crippen LogP contribution in [0.25, 0.3) is 0 Å². The van der Waals surface area contributed by atoms with Crippen LogP contribution in [0.3, 0.4) is 0 Å². The van der Waals surface area contributed by atoms with Gasteiger partial charge in [-0.3, -0.25) is 4.79 Å². The van der Waals surface area contributed by atoms with Crippen LogP contribution in [-0.4, -0.2) is 16.6 Å². The highest BCUT2D eigenvalue weighted by atomic mass is 35.5. The smallest absolute Gasteiger partial charge is 0.249 e. The van der Waals surface area contributed by atoms with E-state index in [4.69, 9.17) is 5.73 Å². The van der Waals surface area contributed by atoms with Crippen molar-refractivity contribution >= 4 is 18.3 Å². The third kappa shape index (κ3) is 2.85. The minimum Gasteiger partial charge on any atom is -0.380 e. The molecule has 1 rings (SSSR count). The second-order valence-corrected chi connectivity index (χ2v) is 3.67. The van der Waals surface area contributed by atoms with Gasteiger partial charge in [-0.25, -0.2) is 0 Å². The minimum atomic E-state index is -1.20. The van der Waals surface area contributed by atoms with E-state index in [2.05, 4.69) is 0 Å². The molecule has 1 fully saturated rings. The Kier molecular flexibility index (Phi) is 4.71. The molecule has 0 radical (unpaired) electrons. The molecule has 0 spiro atoms. The van der Waals surface area contributed by atoms with Gasteiger partial charge in [0, 0.05) is 0 Å². The van der Waals surface area contributed by atoms with Crippen LogP contribution in [0, 0.1) is 5.92 Å². The molecule has 0 aromatic rings. The number of halogens is 1. The molecule has 3 nitrogen and oxygen atoms in total. The standard InChI is InChI=1S/C9H17NO2.ClH/c1-2-3-6-9(12,8(10)11)7-4-5-7;/h7,12H,2-6H2,1H3,(H2,10,11);1H. The summed E-state index contributed by atoms with van der Waals surface area (Å²) in [5.41, 5.74) is 3.97. The van der Waals surface area contributed by atoms with Crippen LogP contribution in [0.5, 0.6) is 0 Å². The first-order valence-corrected chi connectivity index (χ1v) is 4.63. The highest BCUT2D eigenvalue weighted by Crippen LogP contribution is 2.42. The van der Waals surface area contributed by atoms with Gasteiger partial charge in [0.1, 0.15) is 5.60 Å². The van der Waals surface area contributed by atoms with Gasteiger partial charge in [-0.15, -0.1) is 12.4 Å². The molecule has 1 amide bonds. The zero-order valence-corrected chi connectivity index (χ0v) is 8.77. The van der Waals surface area contributed by atoms with Crippen LogP contribution in [0.1, 0.15) is 39.0 Å². The Morgan fingerprint density at radius 1 is 1.62 bits per heavy atom. The van der Waals surface area contributed by atoms with Crippen LogP contribution >= 0.6 is 12.4 Å². The van der Waals surface area contributed by atoms with Crippen molar-refractivity contribution in [2.45, 2.75) is 44.6 Å². The van der Waals surface area contributed by atoms with Crippen LogP contribution in [0.15, 0.2) is 0 Å². The molecule has 4 heteroatoms. The van der Waals surface area contributed by atoms with Crippen LogP contribution in [0.4, 0.5) is 0 Å². The highest BCUT2D eigenvalue weighted by Gasteiger charge is 2.47. The number of hydrogen-bond acceptors (Lipinski definition) is 2. The molecular weight excluding hydrogens is 190 g/mol. The number of aliphatic hydroxyl groups is 1. The normalized spacial score (nSPS) is 20.2. The van der Waals surface area contributed by atoms with Crippen molar-refractivity contribution in [2.24, 2.45) is 11.7 Å². The summed E-state index contributed by atoms with van der Waals surface area (Å²) >= 11 is 0. The first kappa shape index (κ1) is 12.7. The van der Waals surface area contributed by atoms with E-state index in [1.54, 1.807) is 0 Å². The summed E-state index contributed by atoms with van der Waals surface area (Å²) in [6, 6.07) is 0. The molecule has 13 heavy (non-hydrogen) atoms. The number of primary amides is 1. The number of carbonyl (C=O) groups is 1. The fourth-order valence-electron chi connectivity index (χ4n) is 1.54. The third-order valence-electron chi connectivity index (χ3n) is 2.59. The van der Waals surface area contributed by atoms with E-state index in [9.17, 15) is 9.90 Å². The Labute approximate surface area is 85.1 Å². The average Bonchev–Trinajstić information content (AvgIpc) is 2.82. The summed E-state index contributed by atoms with van der Waals surface area (Å²) in [7, 11) is 0. The number of nitrogens with two attached hydrogens (primary N) is 1. The molecule has 78 valence electrons. The summed E-state index contributed by atoms with van der Waals surface area (Å²) in [5, 5.41) is 9.88. The van der Waals surface area contributed by atoms with Crippen molar-refractivity contribution in [2.75, 3.05) is 0 Å². The van der Waals surface area contributed by atoms with Crippen molar-refractivity contribution in [3.63, 3.8) is 0 Å². The summed E-state index contributed by atoms with van der Waals surface area (Å²) in [6.07, 6.45) is 4.29. The Morgan fingerprint density at radius 2 is 2.15 bits per heavy atom. The predicted molar refractivity (Wildman–Crippen MR) is 53.6 cm³/mol. The molecule has 1 aliphatic carbocycles. The van der Waals surface area contributed by atoms with Crippen molar-refractivity contribution in [3.05, 3.63) is 0 Å². The molecule has 0 aliphatic heterocycles. The Hall–Kier alpha value is -0.280. The topological polar surface area (TPSA) is 63.3 Å². The third-order valence-corrected chi connectivity index (χ3v) is 2.59. The van der Waals surface area contributed by atoms with Crippen molar-refractivity contribution in [1.29, 1.82) is 0 Å². The molecule has 0 aromatic carbocycles. The first-order chi connectivity index (χ1) is 5.61. The van der Waals surface area contributed by atoms with Gasteiger partial charge in [0.05, 0.1) is 0 Å². The molecular formula is C9H18ClNO2. The molecule has 0 aromatic heterocycles. The maximum absolute atomic E-state index is 11.0. The fraction of sp³-hybridized carbons (Fsp3) is 0.889. The number of rotatable bonds is 5. The molecule has 1 unspecified atom stereocenters.